The van der Waals surface area contributed by atoms with E-state index in [9.17, 15) is 13.2 Å². The van der Waals surface area contributed by atoms with Crippen LogP contribution >= 0.6 is 0 Å². The molecular weight excluding hydrogens is 292 g/mol. The molecule has 1 saturated carbocycles. The van der Waals surface area contributed by atoms with Crippen molar-refractivity contribution in [1.82, 2.24) is 9.29 Å². The predicted molar refractivity (Wildman–Crippen MR) is 78.8 cm³/mol. The van der Waals surface area contributed by atoms with Crippen LogP contribution in [-0.4, -0.2) is 30.6 Å². The minimum absolute atomic E-state index is 0.00586. The van der Waals surface area contributed by atoms with E-state index >= 15 is 0 Å². The van der Waals surface area contributed by atoms with Crippen LogP contribution in [0.5, 0.6) is 0 Å². The second kappa shape index (κ2) is 6.62. The van der Waals surface area contributed by atoms with Gasteiger partial charge in [0.15, 0.2) is 0 Å². The lowest BCUT2D eigenvalue weighted by Crippen LogP contribution is -2.25. The summed E-state index contributed by atoms with van der Waals surface area (Å²) in [6.45, 7) is 2.60. The Balaban J connectivity index is 2.03. The summed E-state index contributed by atoms with van der Waals surface area (Å²) >= 11 is 0. The van der Waals surface area contributed by atoms with Crippen LogP contribution in [0, 0.1) is 5.92 Å². The summed E-state index contributed by atoms with van der Waals surface area (Å²) < 4.78 is 28.4. The number of nitrogens with one attached hydrogen (secondary N) is 1. The average molecular weight is 314 g/mol. The normalized spacial score (nSPS) is 16.4. The third-order valence-electron chi connectivity index (χ3n) is 4.06. The van der Waals surface area contributed by atoms with Gasteiger partial charge in [-0.2, -0.15) is 0 Å². The van der Waals surface area contributed by atoms with Gasteiger partial charge in [0.1, 0.15) is 10.6 Å². The Hall–Kier alpha value is -1.34. The second-order valence-electron chi connectivity index (χ2n) is 5.49. The van der Waals surface area contributed by atoms with Gasteiger partial charge >= 0.3 is 5.97 Å². The lowest BCUT2D eigenvalue weighted by Gasteiger charge is -2.09. The van der Waals surface area contributed by atoms with E-state index in [0.29, 0.717) is 19.0 Å². The standard InChI is InChI=1S/C14H22N2O4S/c1-2-16-10-12(9-13(16)14(17)18)21(19,20)15-8-7-11-5-3-4-6-11/h9-11,15H,2-8H2,1H3,(H,17,18). The van der Waals surface area contributed by atoms with Crippen LogP contribution in [0.1, 0.15) is 49.5 Å². The maximum absolute atomic E-state index is 12.2. The van der Waals surface area contributed by atoms with Gasteiger partial charge in [-0.15, -0.1) is 0 Å². The van der Waals surface area contributed by atoms with E-state index in [2.05, 4.69) is 4.72 Å². The van der Waals surface area contributed by atoms with Gasteiger partial charge in [-0.1, -0.05) is 25.7 Å². The number of aryl methyl sites for hydroxylation is 1. The molecule has 6 nitrogen and oxygen atoms in total. The van der Waals surface area contributed by atoms with Crippen LogP contribution in [0.25, 0.3) is 0 Å². The summed E-state index contributed by atoms with van der Waals surface area (Å²) in [5, 5.41) is 9.06. The van der Waals surface area contributed by atoms with E-state index in [1.807, 2.05) is 0 Å². The molecule has 21 heavy (non-hydrogen) atoms. The zero-order chi connectivity index (χ0) is 15.5. The molecule has 2 N–H and O–H groups in total. The van der Waals surface area contributed by atoms with Crippen molar-refractivity contribution in [1.29, 1.82) is 0 Å². The summed E-state index contributed by atoms with van der Waals surface area (Å²) in [7, 11) is -3.63. The lowest BCUT2D eigenvalue weighted by atomic mass is 10.1. The molecule has 0 saturated heterocycles. The fourth-order valence-electron chi connectivity index (χ4n) is 2.85. The van der Waals surface area contributed by atoms with E-state index in [0.717, 1.165) is 6.42 Å². The number of carboxylic acids is 1. The van der Waals surface area contributed by atoms with Crippen molar-refractivity contribution in [3.05, 3.63) is 18.0 Å². The molecule has 1 aliphatic carbocycles. The van der Waals surface area contributed by atoms with Gasteiger partial charge in [0.2, 0.25) is 10.0 Å². The topological polar surface area (TPSA) is 88.4 Å². The number of nitrogens with zero attached hydrogens (tertiary/aromatic N) is 1. The molecule has 0 aromatic carbocycles. The first kappa shape index (κ1) is 16.0. The largest absolute Gasteiger partial charge is 0.477 e. The van der Waals surface area contributed by atoms with Gasteiger partial charge in [0, 0.05) is 19.3 Å². The predicted octanol–water partition coefficient (Wildman–Crippen LogP) is 2.06. The number of aromatic carboxylic acids is 1. The molecule has 1 aromatic rings. The second-order valence-corrected chi connectivity index (χ2v) is 7.26. The van der Waals surface area contributed by atoms with Crippen LogP contribution in [0.4, 0.5) is 0 Å². The van der Waals surface area contributed by atoms with E-state index in [-0.39, 0.29) is 10.6 Å². The number of rotatable bonds is 7. The fourth-order valence-corrected chi connectivity index (χ4v) is 3.94. The molecule has 1 fully saturated rings. The van der Waals surface area contributed by atoms with Gasteiger partial charge in [-0.25, -0.2) is 17.9 Å². The highest BCUT2D eigenvalue weighted by Gasteiger charge is 2.21. The minimum atomic E-state index is -3.63. The maximum Gasteiger partial charge on any atom is 0.352 e. The molecule has 0 atom stereocenters. The summed E-state index contributed by atoms with van der Waals surface area (Å²) in [5.41, 5.74) is -0.00586. The summed E-state index contributed by atoms with van der Waals surface area (Å²) in [5.74, 6) is -0.508. The third kappa shape index (κ3) is 3.85. The zero-order valence-electron chi connectivity index (χ0n) is 12.2. The molecule has 118 valence electrons. The van der Waals surface area contributed by atoms with Crippen molar-refractivity contribution in [3.63, 3.8) is 0 Å². The van der Waals surface area contributed by atoms with Crippen LogP contribution in [0.3, 0.4) is 0 Å². The SMILES string of the molecule is CCn1cc(S(=O)(=O)NCCC2CCCC2)cc1C(=O)O. The molecule has 0 radical (unpaired) electrons. The molecular formula is C14H22N2O4S. The average Bonchev–Trinajstić information content (AvgIpc) is 3.07. The first-order chi connectivity index (χ1) is 9.94. The van der Waals surface area contributed by atoms with E-state index in [4.69, 9.17) is 5.11 Å². The van der Waals surface area contributed by atoms with Crippen molar-refractivity contribution in [3.8, 4) is 0 Å². The number of hydrogen-bond donors (Lipinski definition) is 2. The summed E-state index contributed by atoms with van der Waals surface area (Å²) in [6, 6.07) is 1.21. The van der Waals surface area contributed by atoms with Crippen LogP contribution in [0.15, 0.2) is 17.2 Å². The van der Waals surface area contributed by atoms with Crippen LogP contribution < -0.4 is 4.72 Å². The summed E-state index contributed by atoms with van der Waals surface area (Å²) in [4.78, 5) is 11.1. The lowest BCUT2D eigenvalue weighted by molar-refractivity contribution is 0.0685. The molecule has 0 aliphatic heterocycles. The minimum Gasteiger partial charge on any atom is -0.477 e. The molecule has 2 rings (SSSR count). The van der Waals surface area contributed by atoms with Crippen molar-refractivity contribution >= 4 is 16.0 Å². The highest BCUT2D eigenvalue weighted by molar-refractivity contribution is 7.89. The first-order valence-corrected chi connectivity index (χ1v) is 8.85. The quantitative estimate of drug-likeness (QED) is 0.806. The van der Waals surface area contributed by atoms with Gasteiger partial charge in [0.25, 0.3) is 0 Å². The Morgan fingerprint density at radius 3 is 2.62 bits per heavy atom. The van der Waals surface area contributed by atoms with Crippen molar-refractivity contribution in [2.45, 2.75) is 50.5 Å². The summed E-state index contributed by atoms with van der Waals surface area (Å²) in [6.07, 6.45) is 7.05. The molecule has 0 amide bonds. The zero-order valence-corrected chi connectivity index (χ0v) is 13.0. The molecule has 1 heterocycles. The molecule has 1 aliphatic rings. The first-order valence-electron chi connectivity index (χ1n) is 7.37. The number of aromatic nitrogens is 1. The van der Waals surface area contributed by atoms with Crippen LogP contribution in [-0.2, 0) is 16.6 Å². The third-order valence-corrected chi connectivity index (χ3v) is 5.49. The molecule has 0 unspecified atom stereocenters. The Kier molecular flexibility index (Phi) is 5.05. The van der Waals surface area contributed by atoms with Gasteiger partial charge in [-0.05, 0) is 25.3 Å². The van der Waals surface area contributed by atoms with Gasteiger partial charge in [-0.3, -0.25) is 0 Å². The highest BCUT2D eigenvalue weighted by Crippen LogP contribution is 2.27. The molecule has 0 spiro atoms. The van der Waals surface area contributed by atoms with E-state index in [1.54, 1.807) is 6.92 Å². The van der Waals surface area contributed by atoms with E-state index in [1.165, 1.54) is 42.5 Å². The van der Waals surface area contributed by atoms with E-state index < -0.39 is 16.0 Å². The highest BCUT2D eigenvalue weighted by atomic mass is 32.2. The molecule has 7 heteroatoms. The smallest absolute Gasteiger partial charge is 0.352 e. The van der Waals surface area contributed by atoms with Crippen molar-refractivity contribution < 1.29 is 18.3 Å². The number of carboxylic acid groups (broad SMARTS) is 1. The maximum atomic E-state index is 12.2. The molecule has 0 bridgehead atoms. The van der Waals surface area contributed by atoms with Crippen LogP contribution in [0.2, 0.25) is 0 Å². The van der Waals surface area contributed by atoms with Gasteiger partial charge in [0.05, 0.1) is 0 Å². The Bertz CT molecular complexity index is 600. The fraction of sp³-hybridized carbons (Fsp3) is 0.643. The Labute approximate surface area is 125 Å². The monoisotopic (exact) mass is 314 g/mol. The van der Waals surface area contributed by atoms with Gasteiger partial charge < -0.3 is 9.67 Å². The van der Waals surface area contributed by atoms with Crippen molar-refractivity contribution in [2.24, 2.45) is 5.92 Å². The number of carbonyl (C=O) groups is 1. The van der Waals surface area contributed by atoms with Crippen molar-refractivity contribution in [2.75, 3.05) is 6.54 Å². The number of hydrogen-bond acceptors (Lipinski definition) is 3. The molecule has 1 aromatic heterocycles. The Morgan fingerprint density at radius 2 is 2.10 bits per heavy atom. The number of sulfonamides is 1. The Morgan fingerprint density at radius 1 is 1.43 bits per heavy atom.